The van der Waals surface area contributed by atoms with Crippen LogP contribution in [0.15, 0.2) is 54.8 Å². The number of fused-ring (bicyclic) bond motifs is 1. The van der Waals surface area contributed by atoms with Crippen molar-refractivity contribution in [3.8, 4) is 0 Å². The summed E-state index contributed by atoms with van der Waals surface area (Å²) >= 11 is 0. The molecule has 3 nitrogen and oxygen atoms in total. The fourth-order valence-electron chi connectivity index (χ4n) is 1.47. The highest BCUT2D eigenvalue weighted by Gasteiger charge is 1.98. The topological polar surface area (TPSA) is 50.2 Å². The molecule has 0 aliphatic rings. The van der Waals surface area contributed by atoms with Crippen LogP contribution in [0.3, 0.4) is 0 Å². The van der Waals surface area contributed by atoms with Gasteiger partial charge in [-0.25, -0.2) is 4.79 Å². The Morgan fingerprint density at radius 2 is 2.18 bits per heavy atom. The van der Waals surface area contributed by atoms with Crippen LogP contribution in [-0.2, 0) is 4.79 Å². The first-order valence-corrected chi connectivity index (χ1v) is 5.12. The summed E-state index contributed by atoms with van der Waals surface area (Å²) in [6, 6.07) is 9.57. The molecule has 0 bridgehead atoms. The Kier molecular flexibility index (Phi) is 3.01. The highest BCUT2D eigenvalue weighted by Crippen LogP contribution is 2.14. The van der Waals surface area contributed by atoms with Gasteiger partial charge < -0.3 is 5.11 Å². The standard InChI is InChI=1S/C14H11NO2/c1-10(14(16)17)4-5-11-6-7-13-12(9-11)3-2-8-15-13/h2-9H,1H2,(H,16,17)/b5-4+. The number of benzene rings is 1. The van der Waals surface area contributed by atoms with Crippen molar-refractivity contribution < 1.29 is 9.90 Å². The van der Waals surface area contributed by atoms with Gasteiger partial charge in [-0.05, 0) is 29.8 Å². The smallest absolute Gasteiger partial charge is 0.335 e. The zero-order chi connectivity index (χ0) is 12.3. The first kappa shape index (κ1) is 11.1. The van der Waals surface area contributed by atoms with Crippen LogP contribution in [0, 0.1) is 0 Å². The average molecular weight is 225 g/mol. The second kappa shape index (κ2) is 4.61. The Balaban J connectivity index is 2.31. The fourth-order valence-corrected chi connectivity index (χ4v) is 1.47. The van der Waals surface area contributed by atoms with Crippen molar-refractivity contribution in [2.45, 2.75) is 0 Å². The molecular weight excluding hydrogens is 214 g/mol. The molecule has 17 heavy (non-hydrogen) atoms. The number of carboxylic acids is 1. The van der Waals surface area contributed by atoms with E-state index in [0.717, 1.165) is 16.5 Å². The van der Waals surface area contributed by atoms with E-state index in [2.05, 4.69) is 11.6 Å². The SMILES string of the molecule is C=C(/C=C/c1ccc2ncccc2c1)C(=O)O. The summed E-state index contributed by atoms with van der Waals surface area (Å²) in [4.78, 5) is 14.8. The van der Waals surface area contributed by atoms with Crippen LogP contribution < -0.4 is 0 Å². The van der Waals surface area contributed by atoms with Gasteiger partial charge in [0.2, 0.25) is 0 Å². The molecule has 0 saturated carbocycles. The van der Waals surface area contributed by atoms with Gasteiger partial charge in [-0.1, -0.05) is 24.8 Å². The predicted octanol–water partition coefficient (Wildman–Crippen LogP) is 2.89. The van der Waals surface area contributed by atoms with Gasteiger partial charge in [0, 0.05) is 11.6 Å². The molecule has 1 aromatic heterocycles. The Bertz CT molecular complexity index is 614. The molecule has 84 valence electrons. The molecule has 0 fully saturated rings. The zero-order valence-corrected chi connectivity index (χ0v) is 9.13. The molecule has 0 unspecified atom stereocenters. The molecule has 1 aromatic carbocycles. The lowest BCUT2D eigenvalue weighted by Crippen LogP contribution is -1.94. The summed E-state index contributed by atoms with van der Waals surface area (Å²) < 4.78 is 0. The van der Waals surface area contributed by atoms with E-state index in [4.69, 9.17) is 5.11 Å². The summed E-state index contributed by atoms with van der Waals surface area (Å²) in [5.41, 5.74) is 1.91. The second-order valence-corrected chi connectivity index (χ2v) is 3.62. The van der Waals surface area contributed by atoms with E-state index in [9.17, 15) is 4.79 Å². The molecule has 1 N–H and O–H groups in total. The van der Waals surface area contributed by atoms with Crippen molar-refractivity contribution in [1.82, 2.24) is 4.98 Å². The van der Waals surface area contributed by atoms with Crippen LogP contribution in [-0.4, -0.2) is 16.1 Å². The van der Waals surface area contributed by atoms with E-state index in [0.29, 0.717) is 0 Å². The number of hydrogen-bond donors (Lipinski definition) is 1. The molecule has 0 aliphatic heterocycles. The van der Waals surface area contributed by atoms with Crippen LogP contribution in [0.5, 0.6) is 0 Å². The molecule has 0 amide bonds. The van der Waals surface area contributed by atoms with E-state index in [1.54, 1.807) is 12.3 Å². The number of aliphatic carboxylic acids is 1. The number of hydrogen-bond acceptors (Lipinski definition) is 2. The maximum absolute atomic E-state index is 10.6. The Morgan fingerprint density at radius 3 is 2.94 bits per heavy atom. The third-order valence-corrected chi connectivity index (χ3v) is 2.38. The highest BCUT2D eigenvalue weighted by molar-refractivity contribution is 5.90. The van der Waals surface area contributed by atoms with E-state index in [1.165, 1.54) is 6.08 Å². The summed E-state index contributed by atoms with van der Waals surface area (Å²) in [6.07, 6.45) is 4.95. The first-order valence-electron chi connectivity index (χ1n) is 5.12. The molecule has 0 aliphatic carbocycles. The Morgan fingerprint density at radius 1 is 1.35 bits per heavy atom. The normalized spacial score (nSPS) is 10.8. The lowest BCUT2D eigenvalue weighted by Gasteiger charge is -1.98. The Hall–Kier alpha value is -2.42. The maximum atomic E-state index is 10.6. The van der Waals surface area contributed by atoms with Crippen LogP contribution >= 0.6 is 0 Å². The van der Waals surface area contributed by atoms with Gasteiger partial charge in [-0.3, -0.25) is 4.98 Å². The van der Waals surface area contributed by atoms with Crippen molar-refractivity contribution in [3.05, 3.63) is 60.3 Å². The van der Waals surface area contributed by atoms with Gasteiger partial charge in [0.15, 0.2) is 0 Å². The lowest BCUT2D eigenvalue weighted by molar-refractivity contribution is -0.132. The molecule has 1 heterocycles. The molecule has 0 saturated heterocycles. The lowest BCUT2D eigenvalue weighted by atomic mass is 10.1. The third kappa shape index (κ3) is 2.58. The molecule has 2 rings (SSSR count). The van der Waals surface area contributed by atoms with Crippen LogP contribution in [0.25, 0.3) is 17.0 Å². The maximum Gasteiger partial charge on any atom is 0.335 e. The molecule has 0 atom stereocenters. The highest BCUT2D eigenvalue weighted by atomic mass is 16.4. The fraction of sp³-hybridized carbons (Fsp3) is 0. The van der Waals surface area contributed by atoms with Gasteiger partial charge >= 0.3 is 5.97 Å². The van der Waals surface area contributed by atoms with Gasteiger partial charge in [-0.2, -0.15) is 0 Å². The van der Waals surface area contributed by atoms with E-state index < -0.39 is 5.97 Å². The molecule has 0 radical (unpaired) electrons. The van der Waals surface area contributed by atoms with Gasteiger partial charge in [0.1, 0.15) is 0 Å². The van der Waals surface area contributed by atoms with Crippen LogP contribution in [0.1, 0.15) is 5.56 Å². The zero-order valence-electron chi connectivity index (χ0n) is 9.13. The molecule has 0 spiro atoms. The summed E-state index contributed by atoms with van der Waals surface area (Å²) in [7, 11) is 0. The number of rotatable bonds is 3. The minimum Gasteiger partial charge on any atom is -0.478 e. The quantitative estimate of drug-likeness (QED) is 0.645. The van der Waals surface area contributed by atoms with Crippen LogP contribution in [0.2, 0.25) is 0 Å². The van der Waals surface area contributed by atoms with Crippen molar-refractivity contribution in [1.29, 1.82) is 0 Å². The summed E-state index contributed by atoms with van der Waals surface area (Å²) in [5.74, 6) is -1.01. The minimum absolute atomic E-state index is 0.0660. The predicted molar refractivity (Wildman–Crippen MR) is 67.6 cm³/mol. The average Bonchev–Trinajstić information content (AvgIpc) is 2.35. The van der Waals surface area contributed by atoms with Gasteiger partial charge in [0.05, 0.1) is 11.1 Å². The van der Waals surface area contributed by atoms with Gasteiger partial charge in [0.25, 0.3) is 0 Å². The number of carboxylic acid groups (broad SMARTS) is 1. The third-order valence-electron chi connectivity index (χ3n) is 2.38. The minimum atomic E-state index is -1.01. The largest absolute Gasteiger partial charge is 0.478 e. The second-order valence-electron chi connectivity index (χ2n) is 3.62. The Labute approximate surface area is 98.7 Å². The van der Waals surface area contributed by atoms with Gasteiger partial charge in [-0.15, -0.1) is 0 Å². The van der Waals surface area contributed by atoms with E-state index in [1.807, 2.05) is 30.3 Å². The summed E-state index contributed by atoms with van der Waals surface area (Å²) in [6.45, 7) is 3.43. The summed E-state index contributed by atoms with van der Waals surface area (Å²) in [5, 5.41) is 9.69. The molecule has 2 aromatic rings. The van der Waals surface area contributed by atoms with E-state index in [-0.39, 0.29) is 5.57 Å². The number of aromatic nitrogens is 1. The van der Waals surface area contributed by atoms with Crippen LogP contribution in [0.4, 0.5) is 0 Å². The number of pyridine rings is 1. The van der Waals surface area contributed by atoms with Crippen molar-refractivity contribution in [3.63, 3.8) is 0 Å². The van der Waals surface area contributed by atoms with Crippen molar-refractivity contribution in [2.24, 2.45) is 0 Å². The molecule has 3 heteroatoms. The van der Waals surface area contributed by atoms with E-state index >= 15 is 0 Å². The number of carbonyl (C=O) groups is 1. The van der Waals surface area contributed by atoms with Crippen molar-refractivity contribution >= 4 is 22.9 Å². The monoisotopic (exact) mass is 225 g/mol. The first-order chi connectivity index (χ1) is 8.16. The van der Waals surface area contributed by atoms with Crippen molar-refractivity contribution in [2.75, 3.05) is 0 Å². The number of nitrogens with zero attached hydrogens (tertiary/aromatic N) is 1. The molecular formula is C14H11NO2.